The van der Waals surface area contributed by atoms with Gasteiger partial charge in [-0.3, -0.25) is 29.9 Å². The summed E-state index contributed by atoms with van der Waals surface area (Å²) in [7, 11) is 1.23. The Hall–Kier alpha value is -3.79. The van der Waals surface area contributed by atoms with Crippen molar-refractivity contribution < 1.29 is 24.4 Å². The van der Waals surface area contributed by atoms with Crippen LogP contribution in [0.1, 0.15) is 18.1 Å². The van der Waals surface area contributed by atoms with E-state index in [1.54, 1.807) is 12.1 Å². The Bertz CT molecular complexity index is 1090. The summed E-state index contributed by atoms with van der Waals surface area (Å²) >= 11 is 5.16. The van der Waals surface area contributed by atoms with E-state index in [4.69, 9.17) is 17.0 Å². The number of carbonyl (C=O) groups is 2. The van der Waals surface area contributed by atoms with E-state index in [0.29, 0.717) is 5.69 Å². The van der Waals surface area contributed by atoms with Gasteiger partial charge >= 0.3 is 5.69 Å². The quantitative estimate of drug-likeness (QED) is 0.247. The Morgan fingerprint density at radius 1 is 1.27 bits per heavy atom. The Labute approximate surface area is 176 Å². The predicted molar refractivity (Wildman–Crippen MR) is 113 cm³/mol. The number of aromatic hydroxyl groups is 1. The molecule has 3 rings (SSSR count). The second-order valence-corrected chi connectivity index (χ2v) is 6.71. The number of hydrogen-bond acceptors (Lipinski definition) is 7. The average molecular weight is 427 g/mol. The molecule has 1 heterocycles. The van der Waals surface area contributed by atoms with Crippen LogP contribution in [0.2, 0.25) is 0 Å². The minimum Gasteiger partial charge on any atom is -0.500 e. The number of nitrogens with one attached hydrogen (secondary N) is 1. The highest BCUT2D eigenvalue weighted by Gasteiger charge is 2.34. The second-order valence-electron chi connectivity index (χ2n) is 6.33. The number of nitro groups is 1. The van der Waals surface area contributed by atoms with Gasteiger partial charge in [-0.15, -0.1) is 0 Å². The molecule has 1 fully saturated rings. The Kier molecular flexibility index (Phi) is 5.79. The zero-order valence-corrected chi connectivity index (χ0v) is 16.9. The van der Waals surface area contributed by atoms with Crippen molar-refractivity contribution in [2.45, 2.75) is 13.3 Å². The lowest BCUT2D eigenvalue weighted by Gasteiger charge is -2.29. The van der Waals surface area contributed by atoms with Gasteiger partial charge in [-0.25, -0.2) is 0 Å². The van der Waals surface area contributed by atoms with Crippen LogP contribution in [0, 0.1) is 10.1 Å². The molecule has 10 heteroatoms. The molecule has 0 bridgehead atoms. The van der Waals surface area contributed by atoms with Gasteiger partial charge in [0, 0.05) is 6.07 Å². The zero-order chi connectivity index (χ0) is 22.0. The standard InChI is InChI=1S/C20H17N3O6S/c1-3-11-4-6-13(7-5-11)22-19(26)14(18(25)21-20(22)30)8-12-9-15(23(27)28)17(24)16(10-12)29-2/h4-10,24H,3H2,1-2H3,(H,21,25,30)/b14-8+. The van der Waals surface area contributed by atoms with Crippen molar-refractivity contribution in [1.82, 2.24) is 5.32 Å². The van der Waals surface area contributed by atoms with Crippen LogP contribution in [-0.2, 0) is 16.0 Å². The van der Waals surface area contributed by atoms with E-state index >= 15 is 0 Å². The summed E-state index contributed by atoms with van der Waals surface area (Å²) in [4.78, 5) is 37.0. The number of phenolic OH excluding ortho intramolecular Hbond substituents is 1. The van der Waals surface area contributed by atoms with Crippen molar-refractivity contribution in [2.24, 2.45) is 0 Å². The van der Waals surface area contributed by atoms with Crippen LogP contribution in [0.25, 0.3) is 6.08 Å². The summed E-state index contributed by atoms with van der Waals surface area (Å²) in [5.74, 6) is -2.23. The number of thiocarbonyl (C=S) groups is 1. The summed E-state index contributed by atoms with van der Waals surface area (Å²) in [6.45, 7) is 2.00. The van der Waals surface area contributed by atoms with Crippen molar-refractivity contribution in [2.75, 3.05) is 12.0 Å². The van der Waals surface area contributed by atoms with E-state index in [-0.39, 0.29) is 22.0 Å². The lowest BCUT2D eigenvalue weighted by atomic mass is 10.1. The first kappa shape index (κ1) is 20.9. The molecule has 0 aromatic heterocycles. The number of amides is 2. The summed E-state index contributed by atoms with van der Waals surface area (Å²) < 4.78 is 4.95. The van der Waals surface area contributed by atoms with Crippen molar-refractivity contribution in [3.8, 4) is 11.5 Å². The number of benzene rings is 2. The van der Waals surface area contributed by atoms with Gasteiger partial charge in [0.05, 0.1) is 17.7 Å². The first-order chi connectivity index (χ1) is 14.3. The van der Waals surface area contributed by atoms with E-state index in [1.807, 2.05) is 19.1 Å². The fourth-order valence-electron chi connectivity index (χ4n) is 2.93. The Morgan fingerprint density at radius 2 is 1.93 bits per heavy atom. The zero-order valence-electron chi connectivity index (χ0n) is 16.0. The maximum atomic E-state index is 13.0. The third-order valence-corrected chi connectivity index (χ3v) is 4.79. The van der Waals surface area contributed by atoms with Crippen LogP contribution in [0.3, 0.4) is 0 Å². The molecule has 154 valence electrons. The van der Waals surface area contributed by atoms with E-state index in [2.05, 4.69) is 5.32 Å². The molecule has 2 aromatic carbocycles. The normalized spacial score (nSPS) is 15.3. The predicted octanol–water partition coefficient (Wildman–Crippen LogP) is 2.70. The topological polar surface area (TPSA) is 122 Å². The van der Waals surface area contributed by atoms with Gasteiger partial charge < -0.3 is 9.84 Å². The molecule has 2 amide bonds. The third kappa shape index (κ3) is 3.85. The molecular weight excluding hydrogens is 410 g/mol. The van der Waals surface area contributed by atoms with E-state index < -0.39 is 28.2 Å². The van der Waals surface area contributed by atoms with Crippen molar-refractivity contribution >= 4 is 46.6 Å². The van der Waals surface area contributed by atoms with Crippen LogP contribution in [-0.4, -0.2) is 34.1 Å². The maximum absolute atomic E-state index is 13.0. The first-order valence-corrected chi connectivity index (χ1v) is 9.23. The summed E-state index contributed by atoms with van der Waals surface area (Å²) in [6, 6.07) is 9.44. The third-order valence-electron chi connectivity index (χ3n) is 4.51. The van der Waals surface area contributed by atoms with Gasteiger partial charge in [-0.1, -0.05) is 19.1 Å². The summed E-state index contributed by atoms with van der Waals surface area (Å²) in [6.07, 6.45) is 2.00. The number of aryl methyl sites for hydroxylation is 1. The highest BCUT2D eigenvalue weighted by molar-refractivity contribution is 7.80. The SMILES string of the molecule is CCc1ccc(N2C(=O)/C(=C/c3cc(OC)c(O)c([N+](=O)[O-])c3)C(=O)NC2=S)cc1. The van der Waals surface area contributed by atoms with Crippen molar-refractivity contribution in [3.05, 3.63) is 63.2 Å². The van der Waals surface area contributed by atoms with Crippen LogP contribution >= 0.6 is 12.2 Å². The van der Waals surface area contributed by atoms with Gasteiger partial charge in [0.2, 0.25) is 5.75 Å². The highest BCUT2D eigenvalue weighted by Crippen LogP contribution is 2.37. The summed E-state index contributed by atoms with van der Waals surface area (Å²) in [5, 5.41) is 23.5. The molecule has 2 N–H and O–H groups in total. The number of hydrogen-bond donors (Lipinski definition) is 2. The molecule has 30 heavy (non-hydrogen) atoms. The van der Waals surface area contributed by atoms with Gasteiger partial charge in [-0.2, -0.15) is 0 Å². The maximum Gasteiger partial charge on any atom is 0.315 e. The fraction of sp³-hybridized carbons (Fsp3) is 0.150. The molecule has 0 unspecified atom stereocenters. The number of rotatable bonds is 5. The van der Waals surface area contributed by atoms with Crippen LogP contribution in [0.5, 0.6) is 11.5 Å². The molecule has 0 aliphatic carbocycles. The number of nitro benzene ring substituents is 1. The molecule has 0 spiro atoms. The van der Waals surface area contributed by atoms with Crippen LogP contribution in [0.15, 0.2) is 42.0 Å². The molecule has 1 saturated heterocycles. The molecule has 1 aliphatic heterocycles. The smallest absolute Gasteiger partial charge is 0.315 e. The van der Waals surface area contributed by atoms with Gasteiger partial charge in [-0.05, 0) is 54.0 Å². The minimum absolute atomic E-state index is 0.0688. The monoisotopic (exact) mass is 427 g/mol. The lowest BCUT2D eigenvalue weighted by Crippen LogP contribution is -2.54. The van der Waals surface area contributed by atoms with Crippen LogP contribution < -0.4 is 15.0 Å². The molecule has 0 saturated carbocycles. The van der Waals surface area contributed by atoms with Crippen LogP contribution in [0.4, 0.5) is 11.4 Å². The largest absolute Gasteiger partial charge is 0.500 e. The van der Waals surface area contributed by atoms with E-state index in [0.717, 1.165) is 18.1 Å². The molecule has 1 aliphatic rings. The summed E-state index contributed by atoms with van der Waals surface area (Å²) in [5.41, 5.74) is 0.779. The van der Waals surface area contributed by atoms with E-state index in [1.165, 1.54) is 24.2 Å². The van der Waals surface area contributed by atoms with Gasteiger partial charge in [0.1, 0.15) is 5.57 Å². The van der Waals surface area contributed by atoms with Crippen molar-refractivity contribution in [1.29, 1.82) is 0 Å². The number of ether oxygens (including phenoxy) is 1. The Morgan fingerprint density at radius 3 is 2.50 bits per heavy atom. The number of anilines is 1. The molecule has 0 atom stereocenters. The first-order valence-electron chi connectivity index (χ1n) is 8.82. The van der Waals surface area contributed by atoms with Gasteiger partial charge in [0.15, 0.2) is 10.9 Å². The average Bonchev–Trinajstić information content (AvgIpc) is 2.72. The van der Waals surface area contributed by atoms with Gasteiger partial charge in [0.25, 0.3) is 11.8 Å². The molecule has 0 radical (unpaired) electrons. The Balaban J connectivity index is 2.06. The van der Waals surface area contributed by atoms with Crippen molar-refractivity contribution in [3.63, 3.8) is 0 Å². The van der Waals surface area contributed by atoms with E-state index in [9.17, 15) is 24.8 Å². The molecule has 2 aromatic rings. The number of phenols is 1. The number of carbonyl (C=O) groups excluding carboxylic acids is 2. The minimum atomic E-state index is -0.792. The fourth-order valence-corrected chi connectivity index (χ4v) is 3.21. The lowest BCUT2D eigenvalue weighted by molar-refractivity contribution is -0.386. The molecular formula is C20H17N3O6S. The second kappa shape index (κ2) is 8.29. The molecule has 9 nitrogen and oxygen atoms in total. The number of methoxy groups -OCH3 is 1. The highest BCUT2D eigenvalue weighted by atomic mass is 32.1. The number of nitrogens with zero attached hydrogens (tertiary/aromatic N) is 2.